The molecule has 6 heteroatoms. The molecule has 0 aromatic rings. The zero-order valence-corrected chi connectivity index (χ0v) is 37.9. The van der Waals surface area contributed by atoms with Gasteiger partial charge in [0.2, 0.25) is 0 Å². The average molecular weight is 793 g/mol. The molecule has 0 bridgehead atoms. The summed E-state index contributed by atoms with van der Waals surface area (Å²) in [5, 5.41) is 0. The maximum atomic E-state index is 12.7. The van der Waals surface area contributed by atoms with E-state index in [9.17, 15) is 14.4 Å². The van der Waals surface area contributed by atoms with Gasteiger partial charge in [-0.15, -0.1) is 0 Å². The topological polar surface area (TPSA) is 78.9 Å². The van der Waals surface area contributed by atoms with Gasteiger partial charge in [-0.25, -0.2) is 0 Å². The molecule has 1 atom stereocenters. The minimum absolute atomic E-state index is 0.0626. The number of hydrogen-bond acceptors (Lipinski definition) is 6. The minimum atomic E-state index is -0.758. The van der Waals surface area contributed by atoms with Crippen LogP contribution in [0.25, 0.3) is 0 Å². The van der Waals surface area contributed by atoms with Gasteiger partial charge < -0.3 is 14.2 Å². The quantitative estimate of drug-likeness (QED) is 0.0347. The Labute approximate surface area is 348 Å². The fraction of sp³-hybridized carbons (Fsp3) is 0.940. The lowest BCUT2D eigenvalue weighted by atomic mass is 10.0. The van der Waals surface area contributed by atoms with Crippen LogP contribution in [0.4, 0.5) is 0 Å². The molecule has 0 aliphatic rings. The Morgan fingerprint density at radius 3 is 0.714 bits per heavy atom. The highest BCUT2D eigenvalue weighted by Gasteiger charge is 2.19. The molecular formula is C50H96O6. The molecule has 0 aromatic carbocycles. The number of rotatable bonds is 46. The van der Waals surface area contributed by atoms with Crippen molar-refractivity contribution in [2.24, 2.45) is 0 Å². The third kappa shape index (κ3) is 43.5. The van der Waals surface area contributed by atoms with Crippen molar-refractivity contribution >= 4 is 17.9 Å². The molecule has 0 N–H and O–H groups in total. The molecule has 0 heterocycles. The van der Waals surface area contributed by atoms with Crippen LogP contribution in [0.3, 0.4) is 0 Å². The average Bonchev–Trinajstić information content (AvgIpc) is 3.19. The summed E-state index contributed by atoms with van der Waals surface area (Å²) in [6.45, 7) is 6.63. The molecular weight excluding hydrogens is 697 g/mol. The van der Waals surface area contributed by atoms with E-state index in [1.807, 2.05) is 0 Å². The predicted molar refractivity (Wildman–Crippen MR) is 238 cm³/mol. The molecule has 56 heavy (non-hydrogen) atoms. The highest BCUT2D eigenvalue weighted by Crippen LogP contribution is 2.17. The second kappa shape index (κ2) is 46.1. The summed E-state index contributed by atoms with van der Waals surface area (Å²) in [6, 6.07) is 0. The van der Waals surface area contributed by atoms with Crippen molar-refractivity contribution in [3.8, 4) is 0 Å². The molecule has 0 aliphatic carbocycles. The van der Waals surface area contributed by atoms with Crippen LogP contribution < -0.4 is 0 Å². The number of esters is 3. The third-order valence-corrected chi connectivity index (χ3v) is 11.4. The summed E-state index contributed by atoms with van der Waals surface area (Å²) >= 11 is 0. The van der Waals surface area contributed by atoms with Crippen LogP contribution in [0.5, 0.6) is 0 Å². The summed E-state index contributed by atoms with van der Waals surface area (Å²) in [6.07, 6.45) is 48.1. The highest BCUT2D eigenvalue weighted by molar-refractivity contribution is 5.71. The van der Waals surface area contributed by atoms with Crippen molar-refractivity contribution < 1.29 is 28.6 Å². The summed E-state index contributed by atoms with van der Waals surface area (Å²) in [5.74, 6) is -0.851. The molecule has 0 aromatic heterocycles. The van der Waals surface area contributed by atoms with Crippen LogP contribution in [-0.4, -0.2) is 37.2 Å². The largest absolute Gasteiger partial charge is 0.462 e. The van der Waals surface area contributed by atoms with Gasteiger partial charge in [-0.1, -0.05) is 245 Å². The van der Waals surface area contributed by atoms with Gasteiger partial charge in [0.05, 0.1) is 0 Å². The Morgan fingerprint density at radius 2 is 0.482 bits per heavy atom. The van der Waals surface area contributed by atoms with Gasteiger partial charge in [-0.2, -0.15) is 0 Å². The number of ether oxygens (including phenoxy) is 3. The van der Waals surface area contributed by atoms with Crippen molar-refractivity contribution in [3.05, 3.63) is 0 Å². The monoisotopic (exact) mass is 793 g/mol. The summed E-state index contributed by atoms with van der Waals surface area (Å²) in [5.41, 5.74) is 0. The molecule has 0 saturated carbocycles. The molecule has 0 spiro atoms. The van der Waals surface area contributed by atoms with Gasteiger partial charge in [0.1, 0.15) is 13.2 Å². The van der Waals surface area contributed by atoms with Crippen molar-refractivity contribution in [1.29, 1.82) is 0 Å². The summed E-state index contributed by atoms with van der Waals surface area (Å²) in [4.78, 5) is 37.7. The number of carbonyl (C=O) groups excluding carboxylic acids is 3. The maximum Gasteiger partial charge on any atom is 0.306 e. The van der Waals surface area contributed by atoms with Crippen LogP contribution in [-0.2, 0) is 28.6 Å². The first kappa shape index (κ1) is 54.4. The summed E-state index contributed by atoms with van der Waals surface area (Å²) in [7, 11) is 0. The molecule has 0 unspecified atom stereocenters. The van der Waals surface area contributed by atoms with Gasteiger partial charge in [0.15, 0.2) is 6.10 Å². The number of carbonyl (C=O) groups is 3. The Kier molecular flexibility index (Phi) is 44.8. The van der Waals surface area contributed by atoms with Crippen LogP contribution in [0, 0.1) is 0 Å². The molecule has 332 valence electrons. The van der Waals surface area contributed by atoms with E-state index in [0.29, 0.717) is 19.3 Å². The molecule has 0 saturated heterocycles. The predicted octanol–water partition coefficient (Wildman–Crippen LogP) is 16.0. The van der Waals surface area contributed by atoms with Crippen LogP contribution in [0.2, 0.25) is 0 Å². The van der Waals surface area contributed by atoms with Crippen LogP contribution >= 0.6 is 0 Å². The van der Waals surface area contributed by atoms with E-state index in [1.165, 1.54) is 186 Å². The Balaban J connectivity index is 4.19. The van der Waals surface area contributed by atoms with Gasteiger partial charge in [-0.05, 0) is 19.3 Å². The highest BCUT2D eigenvalue weighted by atomic mass is 16.6. The molecule has 0 amide bonds. The summed E-state index contributed by atoms with van der Waals surface area (Å²) < 4.78 is 16.7. The minimum Gasteiger partial charge on any atom is -0.462 e. The van der Waals surface area contributed by atoms with Crippen LogP contribution in [0.1, 0.15) is 284 Å². The van der Waals surface area contributed by atoms with Crippen molar-refractivity contribution in [2.75, 3.05) is 13.2 Å². The van der Waals surface area contributed by atoms with Crippen molar-refractivity contribution in [3.63, 3.8) is 0 Å². The lowest BCUT2D eigenvalue weighted by Gasteiger charge is -2.18. The first-order valence-corrected chi connectivity index (χ1v) is 25.0. The Morgan fingerprint density at radius 1 is 0.286 bits per heavy atom. The van der Waals surface area contributed by atoms with E-state index in [4.69, 9.17) is 14.2 Å². The second-order valence-electron chi connectivity index (χ2n) is 17.1. The first-order chi connectivity index (χ1) is 27.5. The van der Waals surface area contributed by atoms with E-state index < -0.39 is 6.10 Å². The molecule has 0 rings (SSSR count). The smallest absolute Gasteiger partial charge is 0.306 e. The molecule has 0 radical (unpaired) electrons. The van der Waals surface area contributed by atoms with E-state index >= 15 is 0 Å². The van der Waals surface area contributed by atoms with E-state index in [0.717, 1.165) is 57.8 Å². The standard InChI is InChI=1S/C50H96O6/c1-4-7-10-13-16-18-20-22-23-24-25-26-28-30-32-35-38-41-44-50(53)56-47(45-54-48(51)42-39-36-33-15-12-9-6-3)46-55-49(52)43-40-37-34-31-29-27-21-19-17-14-11-8-5-2/h47H,4-46H2,1-3H3/t47-/m0/s1. The number of unbranched alkanes of at least 4 members (excludes halogenated alkanes) is 35. The lowest BCUT2D eigenvalue weighted by molar-refractivity contribution is -0.167. The zero-order chi connectivity index (χ0) is 40.8. The van der Waals surface area contributed by atoms with E-state index in [2.05, 4.69) is 20.8 Å². The maximum absolute atomic E-state index is 12.7. The number of hydrogen-bond donors (Lipinski definition) is 0. The van der Waals surface area contributed by atoms with Crippen LogP contribution in [0.15, 0.2) is 0 Å². The SMILES string of the molecule is CCCCCCCCCCCCCCCCCCCCC(=O)O[C@@H](COC(=O)CCCCCCCCC)COC(=O)CCCCCCCCCCCCCCC. The molecule has 0 fully saturated rings. The zero-order valence-electron chi connectivity index (χ0n) is 37.9. The normalized spacial score (nSPS) is 11.8. The van der Waals surface area contributed by atoms with E-state index in [1.54, 1.807) is 0 Å². The Bertz CT molecular complexity index is 828. The second-order valence-corrected chi connectivity index (χ2v) is 17.1. The lowest BCUT2D eigenvalue weighted by Crippen LogP contribution is -2.30. The molecule has 6 nitrogen and oxygen atoms in total. The van der Waals surface area contributed by atoms with Gasteiger partial charge in [0.25, 0.3) is 0 Å². The van der Waals surface area contributed by atoms with Gasteiger partial charge in [0, 0.05) is 19.3 Å². The third-order valence-electron chi connectivity index (χ3n) is 11.4. The van der Waals surface area contributed by atoms with Crippen molar-refractivity contribution in [1.82, 2.24) is 0 Å². The van der Waals surface area contributed by atoms with Crippen molar-refractivity contribution in [2.45, 2.75) is 290 Å². The first-order valence-electron chi connectivity index (χ1n) is 25.0. The molecule has 0 aliphatic heterocycles. The van der Waals surface area contributed by atoms with E-state index in [-0.39, 0.29) is 31.1 Å². The fourth-order valence-electron chi connectivity index (χ4n) is 7.56. The fourth-order valence-corrected chi connectivity index (χ4v) is 7.56. The van der Waals surface area contributed by atoms with Gasteiger partial charge >= 0.3 is 17.9 Å². The van der Waals surface area contributed by atoms with Gasteiger partial charge in [-0.3, -0.25) is 14.4 Å². The Hall–Kier alpha value is -1.59.